The van der Waals surface area contributed by atoms with Gasteiger partial charge in [-0.15, -0.1) is 0 Å². The van der Waals surface area contributed by atoms with E-state index < -0.39 is 0 Å². The van der Waals surface area contributed by atoms with E-state index in [9.17, 15) is 5.11 Å². The number of rotatable bonds is 0. The van der Waals surface area contributed by atoms with Crippen molar-refractivity contribution < 1.29 is 5.11 Å². The van der Waals surface area contributed by atoms with E-state index in [0.717, 1.165) is 31.1 Å². The minimum absolute atomic E-state index is 0.206. The first kappa shape index (κ1) is 5.72. The summed E-state index contributed by atoms with van der Waals surface area (Å²) in [6, 6.07) is 0. The minimum Gasteiger partial charge on any atom is -0.390 e. The number of fused-ring (bicyclic) bond motifs is 2. The first-order valence-electron chi connectivity index (χ1n) is 3.90. The van der Waals surface area contributed by atoms with Gasteiger partial charge in [0.15, 0.2) is 0 Å². The maximum absolute atomic E-state index is 9.61. The van der Waals surface area contributed by atoms with Gasteiger partial charge in [0.2, 0.25) is 0 Å². The van der Waals surface area contributed by atoms with E-state index in [1.807, 2.05) is 0 Å². The van der Waals surface area contributed by atoms with Gasteiger partial charge in [0.25, 0.3) is 0 Å². The highest BCUT2D eigenvalue weighted by Crippen LogP contribution is 2.50. The standard InChI is InChI=1S/C8H14O/c1-6-2-7-4-8(9,3-6)5-7/h6-7,9H,2-5H2,1H3. The highest BCUT2D eigenvalue weighted by molar-refractivity contribution is 4.99. The quantitative estimate of drug-likeness (QED) is 0.522. The van der Waals surface area contributed by atoms with Crippen molar-refractivity contribution in [2.24, 2.45) is 11.8 Å². The predicted octanol–water partition coefficient (Wildman–Crippen LogP) is 1.56. The molecule has 0 aromatic carbocycles. The Morgan fingerprint density at radius 1 is 1.33 bits per heavy atom. The molecule has 9 heavy (non-hydrogen) atoms. The average molecular weight is 126 g/mol. The smallest absolute Gasteiger partial charge is 0.0655 e. The van der Waals surface area contributed by atoms with Crippen LogP contribution < -0.4 is 0 Å². The lowest BCUT2D eigenvalue weighted by molar-refractivity contribution is -0.126. The van der Waals surface area contributed by atoms with Gasteiger partial charge in [-0.25, -0.2) is 0 Å². The summed E-state index contributed by atoms with van der Waals surface area (Å²) >= 11 is 0. The molecule has 1 unspecified atom stereocenters. The summed E-state index contributed by atoms with van der Waals surface area (Å²) in [5.41, 5.74) is -0.206. The van der Waals surface area contributed by atoms with Crippen molar-refractivity contribution in [3.63, 3.8) is 0 Å². The Balaban J connectivity index is 2.05. The molecule has 0 amide bonds. The van der Waals surface area contributed by atoms with Gasteiger partial charge in [-0.3, -0.25) is 0 Å². The van der Waals surface area contributed by atoms with Crippen molar-refractivity contribution in [2.45, 2.75) is 38.2 Å². The molecule has 0 saturated heterocycles. The maximum atomic E-state index is 9.61. The fourth-order valence-electron chi connectivity index (χ4n) is 2.65. The molecule has 3 saturated carbocycles. The fourth-order valence-corrected chi connectivity index (χ4v) is 2.65. The van der Waals surface area contributed by atoms with Crippen LogP contribution in [0.15, 0.2) is 0 Å². The van der Waals surface area contributed by atoms with Gasteiger partial charge in [0.05, 0.1) is 5.60 Å². The Hall–Kier alpha value is -0.0400. The van der Waals surface area contributed by atoms with Crippen LogP contribution in [0.1, 0.15) is 32.6 Å². The largest absolute Gasteiger partial charge is 0.390 e. The lowest BCUT2D eigenvalue weighted by Crippen LogP contribution is -2.49. The van der Waals surface area contributed by atoms with E-state index in [1.165, 1.54) is 6.42 Å². The highest BCUT2D eigenvalue weighted by atomic mass is 16.3. The van der Waals surface area contributed by atoms with Crippen molar-refractivity contribution in [3.8, 4) is 0 Å². The second kappa shape index (κ2) is 1.51. The van der Waals surface area contributed by atoms with Crippen molar-refractivity contribution in [1.29, 1.82) is 0 Å². The molecule has 3 fully saturated rings. The molecular formula is C8H14O. The molecule has 3 rings (SSSR count). The topological polar surface area (TPSA) is 20.2 Å². The normalized spacial score (nSPS) is 56.7. The maximum Gasteiger partial charge on any atom is 0.0655 e. The summed E-state index contributed by atoms with van der Waals surface area (Å²) in [6.07, 6.45) is 4.61. The van der Waals surface area contributed by atoms with E-state index in [4.69, 9.17) is 0 Å². The van der Waals surface area contributed by atoms with E-state index in [-0.39, 0.29) is 5.60 Å². The Morgan fingerprint density at radius 2 is 2.00 bits per heavy atom. The minimum atomic E-state index is -0.206. The van der Waals surface area contributed by atoms with Crippen LogP contribution in [0.2, 0.25) is 0 Å². The molecule has 0 aromatic heterocycles. The molecular weight excluding hydrogens is 112 g/mol. The predicted molar refractivity (Wildman–Crippen MR) is 36.1 cm³/mol. The summed E-state index contributed by atoms with van der Waals surface area (Å²) in [7, 11) is 0. The third kappa shape index (κ3) is 0.787. The molecule has 3 aliphatic carbocycles. The number of aliphatic hydroxyl groups is 1. The third-order valence-electron chi connectivity index (χ3n) is 2.80. The van der Waals surface area contributed by atoms with Crippen molar-refractivity contribution >= 4 is 0 Å². The molecule has 1 atom stereocenters. The van der Waals surface area contributed by atoms with Gasteiger partial charge in [0.1, 0.15) is 0 Å². The van der Waals surface area contributed by atoms with Crippen LogP contribution in [0.3, 0.4) is 0 Å². The Kier molecular flexibility index (Phi) is 0.963. The number of hydrogen-bond donors (Lipinski definition) is 1. The molecule has 2 bridgehead atoms. The fraction of sp³-hybridized carbons (Fsp3) is 1.00. The zero-order valence-corrected chi connectivity index (χ0v) is 5.93. The molecule has 0 heterocycles. The van der Waals surface area contributed by atoms with Crippen molar-refractivity contribution in [1.82, 2.24) is 0 Å². The zero-order chi connectivity index (χ0) is 6.48. The zero-order valence-electron chi connectivity index (χ0n) is 5.93. The summed E-state index contributed by atoms with van der Waals surface area (Å²) in [5.74, 6) is 1.65. The second-order valence-electron chi connectivity index (χ2n) is 4.04. The molecule has 0 aromatic rings. The Bertz CT molecular complexity index is 122. The first-order valence-corrected chi connectivity index (χ1v) is 3.90. The van der Waals surface area contributed by atoms with E-state index in [0.29, 0.717) is 0 Å². The molecule has 3 aliphatic rings. The van der Waals surface area contributed by atoms with Crippen LogP contribution in [0.5, 0.6) is 0 Å². The molecule has 1 nitrogen and oxygen atoms in total. The molecule has 1 N–H and O–H groups in total. The summed E-state index contributed by atoms with van der Waals surface area (Å²) < 4.78 is 0. The number of hydrogen-bond acceptors (Lipinski definition) is 1. The van der Waals surface area contributed by atoms with Gasteiger partial charge in [-0.05, 0) is 37.5 Å². The second-order valence-corrected chi connectivity index (χ2v) is 4.04. The van der Waals surface area contributed by atoms with Crippen LogP contribution in [0.4, 0.5) is 0 Å². The lowest BCUT2D eigenvalue weighted by Gasteiger charge is -2.51. The molecule has 52 valence electrons. The van der Waals surface area contributed by atoms with Crippen LogP contribution in [-0.4, -0.2) is 10.7 Å². The summed E-state index contributed by atoms with van der Waals surface area (Å²) in [6.45, 7) is 2.25. The summed E-state index contributed by atoms with van der Waals surface area (Å²) in [5, 5.41) is 9.61. The highest BCUT2D eigenvalue weighted by Gasteiger charge is 2.47. The average Bonchev–Trinajstić information content (AvgIpc) is 1.58. The SMILES string of the molecule is CC1CC2CC(O)(C1)C2. The summed E-state index contributed by atoms with van der Waals surface area (Å²) in [4.78, 5) is 0. The Labute approximate surface area is 56.1 Å². The van der Waals surface area contributed by atoms with Crippen LogP contribution in [0, 0.1) is 11.8 Å². The van der Waals surface area contributed by atoms with Gasteiger partial charge in [0, 0.05) is 0 Å². The van der Waals surface area contributed by atoms with Crippen molar-refractivity contribution in [3.05, 3.63) is 0 Å². The van der Waals surface area contributed by atoms with Crippen molar-refractivity contribution in [2.75, 3.05) is 0 Å². The molecule has 0 radical (unpaired) electrons. The lowest BCUT2D eigenvalue weighted by atomic mass is 9.59. The third-order valence-corrected chi connectivity index (χ3v) is 2.80. The first-order chi connectivity index (χ1) is 4.18. The Morgan fingerprint density at radius 3 is 2.33 bits per heavy atom. The molecule has 0 aliphatic heterocycles. The molecule has 0 spiro atoms. The van der Waals surface area contributed by atoms with Gasteiger partial charge in [-0.2, -0.15) is 0 Å². The van der Waals surface area contributed by atoms with Crippen LogP contribution >= 0.6 is 0 Å². The van der Waals surface area contributed by atoms with E-state index >= 15 is 0 Å². The van der Waals surface area contributed by atoms with Crippen LogP contribution in [-0.2, 0) is 0 Å². The van der Waals surface area contributed by atoms with E-state index in [2.05, 4.69) is 6.92 Å². The monoisotopic (exact) mass is 126 g/mol. The van der Waals surface area contributed by atoms with Gasteiger partial charge >= 0.3 is 0 Å². The van der Waals surface area contributed by atoms with Crippen LogP contribution in [0.25, 0.3) is 0 Å². The van der Waals surface area contributed by atoms with Gasteiger partial charge in [-0.1, -0.05) is 6.92 Å². The van der Waals surface area contributed by atoms with E-state index in [1.54, 1.807) is 0 Å². The van der Waals surface area contributed by atoms with Gasteiger partial charge < -0.3 is 5.11 Å². The molecule has 1 heteroatoms.